The molecular weight excluding hydrogens is 181 g/mol. The molecule has 0 aliphatic carbocycles. The number of nitrogens with one attached hydrogen (secondary N) is 1. The first-order chi connectivity index (χ1) is 5.56. The van der Waals surface area contributed by atoms with E-state index < -0.39 is 10.4 Å². The minimum absolute atomic E-state index is 0.211. The number of halogens is 1. The molecule has 0 rings (SSSR count). The molecule has 0 radical (unpaired) electrons. The van der Waals surface area contributed by atoms with Crippen molar-refractivity contribution in [1.29, 1.82) is 0 Å². The summed E-state index contributed by atoms with van der Waals surface area (Å²) in [6.07, 6.45) is 5.06. The van der Waals surface area contributed by atoms with E-state index in [1.807, 2.05) is 0 Å². The maximum atomic E-state index is 11.8. The first-order valence-corrected chi connectivity index (χ1v) is 5.64. The van der Waals surface area contributed by atoms with Gasteiger partial charge in [-0.3, -0.25) is 0 Å². The predicted molar refractivity (Wildman–Crippen MR) is 46.8 cm³/mol. The Morgan fingerprint density at radius 3 is 2.25 bits per heavy atom. The zero-order valence-corrected chi connectivity index (χ0v) is 8.16. The molecule has 1 N–H and O–H groups in total. The highest BCUT2D eigenvalue weighted by atomic mass is 32.3. The molecule has 0 aromatic heterocycles. The lowest BCUT2D eigenvalue weighted by atomic mass is 10.2. The first kappa shape index (κ1) is 11.8. The van der Waals surface area contributed by atoms with E-state index in [1.165, 1.54) is 0 Å². The van der Waals surface area contributed by atoms with Gasteiger partial charge in [0.25, 0.3) is 0 Å². The number of rotatable bonds is 7. The van der Waals surface area contributed by atoms with Gasteiger partial charge in [0.15, 0.2) is 0 Å². The maximum Gasteiger partial charge on any atom is 0.372 e. The topological polar surface area (TPSA) is 46.2 Å². The Morgan fingerprint density at radius 2 is 1.75 bits per heavy atom. The summed E-state index contributed by atoms with van der Waals surface area (Å²) < 4.78 is 33.5. The van der Waals surface area contributed by atoms with Crippen LogP contribution in [0, 0.1) is 0 Å². The van der Waals surface area contributed by atoms with Crippen molar-refractivity contribution in [3.05, 3.63) is 0 Å². The van der Waals surface area contributed by atoms with Crippen LogP contribution in [-0.4, -0.2) is 15.0 Å². The molecule has 0 heterocycles. The van der Waals surface area contributed by atoms with Crippen molar-refractivity contribution in [2.24, 2.45) is 0 Å². The maximum absolute atomic E-state index is 11.8. The third kappa shape index (κ3) is 9.84. The second-order valence-corrected chi connectivity index (χ2v) is 3.91. The van der Waals surface area contributed by atoms with Crippen LogP contribution < -0.4 is 4.72 Å². The number of unbranched alkanes of at least 4 members (excludes halogenated alkanes) is 4. The fraction of sp³-hybridized carbons (Fsp3) is 1.00. The molecule has 0 aromatic carbocycles. The van der Waals surface area contributed by atoms with Crippen molar-refractivity contribution in [2.75, 3.05) is 6.54 Å². The molecule has 0 saturated carbocycles. The molecule has 0 fully saturated rings. The highest BCUT2D eigenvalue weighted by molar-refractivity contribution is 7.84. The molecule has 0 bridgehead atoms. The van der Waals surface area contributed by atoms with E-state index >= 15 is 0 Å². The molecule has 0 atom stereocenters. The van der Waals surface area contributed by atoms with Crippen LogP contribution in [0.25, 0.3) is 0 Å². The van der Waals surface area contributed by atoms with Crippen molar-refractivity contribution in [1.82, 2.24) is 4.72 Å². The fourth-order valence-corrected chi connectivity index (χ4v) is 1.31. The molecule has 0 saturated heterocycles. The summed E-state index contributed by atoms with van der Waals surface area (Å²) in [6.45, 7) is 2.31. The summed E-state index contributed by atoms with van der Waals surface area (Å²) in [5.74, 6) is 0. The summed E-state index contributed by atoms with van der Waals surface area (Å²) in [7, 11) is -4.47. The Morgan fingerprint density at radius 1 is 1.17 bits per heavy atom. The Labute approximate surface area is 73.7 Å². The van der Waals surface area contributed by atoms with Crippen molar-refractivity contribution in [3.8, 4) is 0 Å². The van der Waals surface area contributed by atoms with Crippen molar-refractivity contribution < 1.29 is 12.3 Å². The first-order valence-electron chi connectivity index (χ1n) is 4.25. The van der Waals surface area contributed by atoms with Crippen LogP contribution in [0.15, 0.2) is 0 Å². The lowest BCUT2D eigenvalue weighted by Crippen LogP contribution is -2.19. The number of hydrogen-bond donors (Lipinski definition) is 1. The minimum atomic E-state index is -4.47. The van der Waals surface area contributed by atoms with Gasteiger partial charge < -0.3 is 0 Å². The van der Waals surface area contributed by atoms with Gasteiger partial charge >= 0.3 is 10.4 Å². The molecule has 74 valence electrons. The van der Waals surface area contributed by atoms with Gasteiger partial charge in [-0.2, -0.15) is 13.1 Å². The zero-order valence-electron chi connectivity index (χ0n) is 7.35. The summed E-state index contributed by atoms with van der Waals surface area (Å²) in [4.78, 5) is 0. The lowest BCUT2D eigenvalue weighted by Gasteiger charge is -1.99. The van der Waals surface area contributed by atoms with E-state index in [2.05, 4.69) is 6.92 Å². The van der Waals surface area contributed by atoms with E-state index in [0.29, 0.717) is 6.42 Å². The quantitative estimate of drug-likeness (QED) is 0.499. The third-order valence-electron chi connectivity index (χ3n) is 1.55. The van der Waals surface area contributed by atoms with Crippen LogP contribution >= 0.6 is 0 Å². The third-order valence-corrected chi connectivity index (χ3v) is 2.10. The predicted octanol–water partition coefficient (Wildman–Crippen LogP) is 1.76. The summed E-state index contributed by atoms with van der Waals surface area (Å²) in [5, 5.41) is 0. The smallest absolute Gasteiger partial charge is 0.188 e. The summed E-state index contributed by atoms with van der Waals surface area (Å²) >= 11 is 0. The molecular formula is C7H16FNO2S. The standard InChI is InChI=1S/C7H16FNO2S/c1-2-3-4-5-6-7-9-12(8,10)11/h9H,2-7H2,1H3. The van der Waals surface area contributed by atoms with Crippen LogP contribution in [0.2, 0.25) is 0 Å². The van der Waals surface area contributed by atoms with Gasteiger partial charge in [0.05, 0.1) is 0 Å². The van der Waals surface area contributed by atoms with E-state index in [9.17, 15) is 12.3 Å². The zero-order chi connectivity index (χ0) is 9.45. The average Bonchev–Trinajstić information content (AvgIpc) is 1.94. The molecule has 12 heavy (non-hydrogen) atoms. The van der Waals surface area contributed by atoms with Crippen LogP contribution in [-0.2, 0) is 10.4 Å². The largest absolute Gasteiger partial charge is 0.372 e. The van der Waals surface area contributed by atoms with Gasteiger partial charge in [-0.25, -0.2) is 0 Å². The molecule has 0 spiro atoms. The van der Waals surface area contributed by atoms with Crippen LogP contribution in [0.1, 0.15) is 39.0 Å². The van der Waals surface area contributed by atoms with Gasteiger partial charge in [0.1, 0.15) is 0 Å². The lowest BCUT2D eigenvalue weighted by molar-refractivity contribution is 0.529. The molecule has 0 amide bonds. The Bertz CT molecular complexity index is 192. The Hall–Kier alpha value is -0.160. The van der Waals surface area contributed by atoms with E-state index in [-0.39, 0.29) is 6.54 Å². The van der Waals surface area contributed by atoms with Gasteiger partial charge in [-0.05, 0) is 6.42 Å². The van der Waals surface area contributed by atoms with Crippen LogP contribution in [0.4, 0.5) is 3.89 Å². The molecule has 0 aromatic rings. The van der Waals surface area contributed by atoms with Crippen molar-refractivity contribution >= 4 is 10.4 Å². The van der Waals surface area contributed by atoms with Crippen molar-refractivity contribution in [2.45, 2.75) is 39.0 Å². The van der Waals surface area contributed by atoms with Crippen LogP contribution in [0.3, 0.4) is 0 Å². The van der Waals surface area contributed by atoms with Gasteiger partial charge in [0.2, 0.25) is 0 Å². The summed E-state index contributed by atoms with van der Waals surface area (Å²) in [6, 6.07) is 0. The van der Waals surface area contributed by atoms with E-state index in [1.54, 1.807) is 4.72 Å². The molecule has 3 nitrogen and oxygen atoms in total. The average molecular weight is 197 g/mol. The van der Waals surface area contributed by atoms with E-state index in [0.717, 1.165) is 25.7 Å². The molecule has 5 heteroatoms. The summed E-state index contributed by atoms with van der Waals surface area (Å²) in [5.41, 5.74) is 0. The van der Waals surface area contributed by atoms with Crippen molar-refractivity contribution in [3.63, 3.8) is 0 Å². The Balaban J connectivity index is 3.12. The second-order valence-electron chi connectivity index (χ2n) is 2.75. The normalized spacial score (nSPS) is 11.8. The number of hydrogen-bond acceptors (Lipinski definition) is 2. The fourth-order valence-electron chi connectivity index (χ4n) is 0.923. The van der Waals surface area contributed by atoms with Crippen LogP contribution in [0.5, 0.6) is 0 Å². The molecule has 0 aliphatic heterocycles. The molecule has 0 aliphatic rings. The second kappa shape index (κ2) is 6.37. The Kier molecular flexibility index (Phi) is 6.28. The highest BCUT2D eigenvalue weighted by Crippen LogP contribution is 2.01. The monoisotopic (exact) mass is 197 g/mol. The minimum Gasteiger partial charge on any atom is -0.188 e. The molecule has 0 unspecified atom stereocenters. The van der Waals surface area contributed by atoms with Gasteiger partial charge in [0, 0.05) is 6.54 Å². The van der Waals surface area contributed by atoms with E-state index in [4.69, 9.17) is 0 Å². The van der Waals surface area contributed by atoms with Gasteiger partial charge in [-0.1, -0.05) is 36.5 Å². The highest BCUT2D eigenvalue weighted by Gasteiger charge is 2.02. The van der Waals surface area contributed by atoms with Gasteiger partial charge in [-0.15, -0.1) is 0 Å². The SMILES string of the molecule is CCCCCCCNS(=O)(=O)F.